The minimum atomic E-state index is -0.528. The first-order chi connectivity index (χ1) is 11.8. The van der Waals surface area contributed by atoms with E-state index in [4.69, 9.17) is 4.74 Å². The predicted molar refractivity (Wildman–Crippen MR) is 103 cm³/mol. The first-order valence-corrected chi connectivity index (χ1v) is 8.66. The standard InChI is InChI=1S/C20H27N3O2/c1-6-14-9-8-10-15(7-2)18(14)23-17-12-11-16(13-21-17)22-19(24)25-20(3,4)5/h8-13H,6-7H2,1-5H3,(H,21,23)(H,22,24). The molecule has 1 aromatic carbocycles. The Kier molecular flexibility index (Phi) is 6.02. The molecular weight excluding hydrogens is 314 g/mol. The summed E-state index contributed by atoms with van der Waals surface area (Å²) in [6.07, 6.45) is 3.04. The number of aromatic nitrogens is 1. The fourth-order valence-corrected chi connectivity index (χ4v) is 2.49. The number of anilines is 3. The Morgan fingerprint density at radius 1 is 1.08 bits per heavy atom. The van der Waals surface area contributed by atoms with E-state index in [1.165, 1.54) is 11.1 Å². The molecule has 0 atom stereocenters. The van der Waals surface area contributed by atoms with Crippen molar-refractivity contribution in [3.05, 3.63) is 47.7 Å². The maximum Gasteiger partial charge on any atom is 0.412 e. The maximum atomic E-state index is 11.8. The van der Waals surface area contributed by atoms with Crippen LogP contribution in [0.5, 0.6) is 0 Å². The van der Waals surface area contributed by atoms with E-state index in [-0.39, 0.29) is 0 Å². The smallest absolute Gasteiger partial charge is 0.412 e. The molecule has 0 radical (unpaired) electrons. The molecule has 5 heteroatoms. The molecule has 2 aromatic rings. The average Bonchev–Trinajstić information content (AvgIpc) is 2.55. The lowest BCUT2D eigenvalue weighted by Crippen LogP contribution is -2.27. The van der Waals surface area contributed by atoms with Gasteiger partial charge in [-0.1, -0.05) is 32.0 Å². The Morgan fingerprint density at radius 2 is 1.72 bits per heavy atom. The van der Waals surface area contributed by atoms with Crippen molar-refractivity contribution >= 4 is 23.3 Å². The van der Waals surface area contributed by atoms with Crippen LogP contribution in [0.25, 0.3) is 0 Å². The second kappa shape index (κ2) is 8.01. The molecule has 134 valence electrons. The number of hydrogen-bond donors (Lipinski definition) is 2. The van der Waals surface area contributed by atoms with Crippen molar-refractivity contribution in [3.8, 4) is 0 Å². The third-order valence-corrected chi connectivity index (χ3v) is 3.66. The summed E-state index contributed by atoms with van der Waals surface area (Å²) < 4.78 is 5.23. The number of amides is 1. The van der Waals surface area contributed by atoms with E-state index in [1.54, 1.807) is 12.3 Å². The summed E-state index contributed by atoms with van der Waals surface area (Å²) in [6.45, 7) is 9.76. The van der Waals surface area contributed by atoms with Gasteiger partial charge in [-0.3, -0.25) is 5.32 Å². The summed E-state index contributed by atoms with van der Waals surface area (Å²) in [5.41, 5.74) is 3.71. The Hall–Kier alpha value is -2.56. The van der Waals surface area contributed by atoms with Gasteiger partial charge >= 0.3 is 6.09 Å². The van der Waals surface area contributed by atoms with Gasteiger partial charge in [0.05, 0.1) is 11.9 Å². The van der Waals surface area contributed by atoms with Gasteiger partial charge in [0.2, 0.25) is 0 Å². The third kappa shape index (κ3) is 5.48. The second-order valence-corrected chi connectivity index (χ2v) is 6.84. The molecular formula is C20H27N3O2. The van der Waals surface area contributed by atoms with E-state index in [9.17, 15) is 4.79 Å². The number of aryl methyl sites for hydroxylation is 2. The molecule has 1 amide bonds. The molecule has 0 saturated carbocycles. The maximum absolute atomic E-state index is 11.8. The van der Waals surface area contributed by atoms with E-state index in [0.29, 0.717) is 5.69 Å². The van der Waals surface area contributed by atoms with Crippen molar-refractivity contribution in [2.75, 3.05) is 10.6 Å². The monoisotopic (exact) mass is 341 g/mol. The quantitative estimate of drug-likeness (QED) is 0.775. The lowest BCUT2D eigenvalue weighted by molar-refractivity contribution is 0.0636. The number of carbonyl (C=O) groups excluding carboxylic acids is 1. The van der Waals surface area contributed by atoms with Gasteiger partial charge in [-0.15, -0.1) is 0 Å². The van der Waals surface area contributed by atoms with Crippen molar-refractivity contribution in [2.24, 2.45) is 0 Å². The third-order valence-electron chi connectivity index (χ3n) is 3.66. The van der Waals surface area contributed by atoms with Crippen LogP contribution in [0.1, 0.15) is 45.7 Å². The molecule has 1 heterocycles. The topological polar surface area (TPSA) is 63.2 Å². The van der Waals surface area contributed by atoms with Gasteiger partial charge < -0.3 is 10.1 Å². The number of benzene rings is 1. The zero-order chi connectivity index (χ0) is 18.4. The van der Waals surface area contributed by atoms with Crippen molar-refractivity contribution in [2.45, 2.75) is 53.1 Å². The number of hydrogen-bond acceptors (Lipinski definition) is 4. The van der Waals surface area contributed by atoms with Crippen LogP contribution in [-0.4, -0.2) is 16.7 Å². The number of pyridine rings is 1. The van der Waals surface area contributed by atoms with Crippen LogP contribution >= 0.6 is 0 Å². The number of rotatable bonds is 5. The van der Waals surface area contributed by atoms with Gasteiger partial charge in [-0.2, -0.15) is 0 Å². The molecule has 0 aliphatic heterocycles. The predicted octanol–water partition coefficient (Wildman–Crippen LogP) is 5.30. The molecule has 5 nitrogen and oxygen atoms in total. The first-order valence-electron chi connectivity index (χ1n) is 8.66. The SMILES string of the molecule is CCc1cccc(CC)c1Nc1ccc(NC(=O)OC(C)(C)C)cn1. The summed E-state index contributed by atoms with van der Waals surface area (Å²) in [6, 6.07) is 9.99. The van der Waals surface area contributed by atoms with E-state index in [2.05, 4.69) is 47.7 Å². The zero-order valence-corrected chi connectivity index (χ0v) is 15.6. The first kappa shape index (κ1) is 18.8. The number of para-hydroxylation sites is 1. The molecule has 0 saturated heterocycles. The lowest BCUT2D eigenvalue weighted by Gasteiger charge is -2.19. The van der Waals surface area contributed by atoms with Crippen LogP contribution in [0, 0.1) is 0 Å². The summed E-state index contributed by atoms with van der Waals surface area (Å²) in [5.74, 6) is 0.741. The molecule has 1 aromatic heterocycles. The average molecular weight is 341 g/mol. The molecule has 0 unspecified atom stereocenters. The normalized spacial score (nSPS) is 11.1. The Labute approximate surface area is 149 Å². The fourth-order valence-electron chi connectivity index (χ4n) is 2.49. The highest BCUT2D eigenvalue weighted by Gasteiger charge is 2.16. The van der Waals surface area contributed by atoms with Gasteiger partial charge in [-0.25, -0.2) is 9.78 Å². The van der Waals surface area contributed by atoms with E-state index < -0.39 is 11.7 Å². The highest BCUT2D eigenvalue weighted by atomic mass is 16.6. The lowest BCUT2D eigenvalue weighted by atomic mass is 10.0. The minimum Gasteiger partial charge on any atom is -0.444 e. The molecule has 0 aliphatic carbocycles. The largest absolute Gasteiger partial charge is 0.444 e. The van der Waals surface area contributed by atoms with Gasteiger partial charge in [0.25, 0.3) is 0 Å². The molecule has 2 N–H and O–H groups in total. The fraction of sp³-hybridized carbons (Fsp3) is 0.400. The van der Waals surface area contributed by atoms with Crippen LogP contribution in [0.2, 0.25) is 0 Å². The number of ether oxygens (including phenoxy) is 1. The van der Waals surface area contributed by atoms with E-state index >= 15 is 0 Å². The van der Waals surface area contributed by atoms with Gasteiger partial charge in [-0.05, 0) is 56.9 Å². The van der Waals surface area contributed by atoms with Crippen LogP contribution in [0.3, 0.4) is 0 Å². The van der Waals surface area contributed by atoms with Crippen LogP contribution in [0.15, 0.2) is 36.5 Å². The highest BCUT2D eigenvalue weighted by molar-refractivity contribution is 5.84. The molecule has 25 heavy (non-hydrogen) atoms. The second-order valence-electron chi connectivity index (χ2n) is 6.84. The highest BCUT2D eigenvalue weighted by Crippen LogP contribution is 2.26. The van der Waals surface area contributed by atoms with Crippen molar-refractivity contribution in [1.82, 2.24) is 4.98 Å². The van der Waals surface area contributed by atoms with Crippen molar-refractivity contribution in [3.63, 3.8) is 0 Å². The van der Waals surface area contributed by atoms with Crippen molar-refractivity contribution in [1.29, 1.82) is 0 Å². The van der Waals surface area contributed by atoms with Gasteiger partial charge in [0.1, 0.15) is 11.4 Å². The number of carbonyl (C=O) groups is 1. The summed E-state index contributed by atoms with van der Waals surface area (Å²) in [7, 11) is 0. The van der Waals surface area contributed by atoms with E-state index in [1.807, 2.05) is 26.8 Å². The minimum absolute atomic E-state index is 0.486. The van der Waals surface area contributed by atoms with Crippen LogP contribution < -0.4 is 10.6 Å². The number of nitrogens with zero attached hydrogens (tertiary/aromatic N) is 1. The van der Waals surface area contributed by atoms with E-state index in [0.717, 1.165) is 24.3 Å². The molecule has 0 spiro atoms. The molecule has 0 fully saturated rings. The van der Waals surface area contributed by atoms with Crippen LogP contribution in [-0.2, 0) is 17.6 Å². The molecule has 0 bridgehead atoms. The molecule has 0 aliphatic rings. The summed E-state index contributed by atoms with van der Waals surface area (Å²) >= 11 is 0. The summed E-state index contributed by atoms with van der Waals surface area (Å²) in [4.78, 5) is 16.2. The summed E-state index contributed by atoms with van der Waals surface area (Å²) in [5, 5.41) is 6.09. The zero-order valence-electron chi connectivity index (χ0n) is 15.6. The Morgan fingerprint density at radius 3 is 2.20 bits per heavy atom. The number of nitrogens with one attached hydrogen (secondary N) is 2. The van der Waals surface area contributed by atoms with Crippen LogP contribution in [0.4, 0.5) is 22.0 Å². The van der Waals surface area contributed by atoms with Gasteiger partial charge in [0.15, 0.2) is 0 Å². The molecule has 2 rings (SSSR count). The Balaban J connectivity index is 2.10. The Bertz CT molecular complexity index is 696. The van der Waals surface area contributed by atoms with Crippen molar-refractivity contribution < 1.29 is 9.53 Å². The van der Waals surface area contributed by atoms with Gasteiger partial charge in [0, 0.05) is 5.69 Å².